The molecule has 2 N–H and O–H groups in total. The minimum absolute atomic E-state index is 0.808. The second-order valence-electron chi connectivity index (χ2n) is 4.48. The number of amidine groups is 1. The van der Waals surface area contributed by atoms with Crippen molar-refractivity contribution in [2.75, 3.05) is 6.54 Å². The van der Waals surface area contributed by atoms with Gasteiger partial charge in [-0.15, -0.1) is 0 Å². The zero-order valence-corrected chi connectivity index (χ0v) is 9.63. The Morgan fingerprint density at radius 1 is 1.14 bits per heavy atom. The molecule has 2 heteroatoms. The number of nitrogens with zero attached hydrogens (tertiary/aromatic N) is 1. The number of hydrogen-bond acceptors (Lipinski definition) is 1. The highest BCUT2D eigenvalue weighted by molar-refractivity contribution is 5.79. The van der Waals surface area contributed by atoms with Crippen LogP contribution >= 0.6 is 0 Å². The minimum atomic E-state index is 0.808. The molecule has 0 bridgehead atoms. The van der Waals surface area contributed by atoms with E-state index in [2.05, 4.69) is 18.8 Å². The lowest BCUT2D eigenvalue weighted by atomic mass is 9.81. The third kappa shape index (κ3) is 3.69. The molecule has 1 aliphatic carbocycles. The molecule has 0 unspecified atom stereocenters. The molecule has 0 heterocycles. The largest absolute Gasteiger partial charge is 0.387 e. The van der Waals surface area contributed by atoms with E-state index >= 15 is 0 Å². The first-order chi connectivity index (χ1) is 6.76. The molecule has 0 aromatic rings. The summed E-state index contributed by atoms with van der Waals surface area (Å²) in [5.41, 5.74) is 5.69. The normalized spacial score (nSPS) is 29.1. The van der Waals surface area contributed by atoms with E-state index in [9.17, 15) is 0 Å². The Morgan fingerprint density at radius 2 is 1.71 bits per heavy atom. The second-order valence-corrected chi connectivity index (χ2v) is 4.48. The molecule has 1 fully saturated rings. The fourth-order valence-electron chi connectivity index (χ4n) is 2.18. The van der Waals surface area contributed by atoms with Gasteiger partial charge >= 0.3 is 0 Å². The molecule has 1 saturated carbocycles. The fraction of sp³-hybridized carbons (Fsp3) is 0.917. The van der Waals surface area contributed by atoms with Gasteiger partial charge in [0.1, 0.15) is 0 Å². The summed E-state index contributed by atoms with van der Waals surface area (Å²) < 4.78 is 0. The molecule has 1 rings (SSSR count). The van der Waals surface area contributed by atoms with Crippen LogP contribution in [-0.2, 0) is 0 Å². The van der Waals surface area contributed by atoms with E-state index in [1.54, 1.807) is 0 Å². The van der Waals surface area contributed by atoms with Crippen molar-refractivity contribution < 1.29 is 0 Å². The molecule has 0 atom stereocenters. The van der Waals surface area contributed by atoms with Crippen LogP contribution in [0.2, 0.25) is 0 Å². The van der Waals surface area contributed by atoms with Crippen LogP contribution in [0.25, 0.3) is 0 Å². The molecule has 14 heavy (non-hydrogen) atoms. The van der Waals surface area contributed by atoms with E-state index in [-0.39, 0.29) is 0 Å². The second kappa shape index (κ2) is 6.05. The maximum atomic E-state index is 5.69. The molecular weight excluding hydrogens is 172 g/mol. The van der Waals surface area contributed by atoms with Crippen LogP contribution in [0.5, 0.6) is 0 Å². The number of rotatable bonds is 4. The van der Waals surface area contributed by atoms with Crippen LogP contribution in [0.3, 0.4) is 0 Å². The molecule has 1 aliphatic rings. The summed E-state index contributed by atoms with van der Waals surface area (Å²) in [4.78, 5) is 4.41. The van der Waals surface area contributed by atoms with Gasteiger partial charge < -0.3 is 5.73 Å². The Labute approximate surface area is 88.0 Å². The van der Waals surface area contributed by atoms with Crippen molar-refractivity contribution in [3.8, 4) is 0 Å². The van der Waals surface area contributed by atoms with Crippen LogP contribution in [0.15, 0.2) is 4.99 Å². The topological polar surface area (TPSA) is 38.4 Å². The van der Waals surface area contributed by atoms with Gasteiger partial charge in [0, 0.05) is 13.0 Å². The van der Waals surface area contributed by atoms with Crippen LogP contribution in [0.4, 0.5) is 0 Å². The summed E-state index contributed by atoms with van der Waals surface area (Å²) in [6.07, 6.45) is 7.78. The van der Waals surface area contributed by atoms with Gasteiger partial charge in [0.05, 0.1) is 5.84 Å². The lowest BCUT2D eigenvalue weighted by molar-refractivity contribution is 0.274. The van der Waals surface area contributed by atoms with Gasteiger partial charge in [0.25, 0.3) is 0 Å². The van der Waals surface area contributed by atoms with Crippen molar-refractivity contribution in [3.63, 3.8) is 0 Å². The van der Waals surface area contributed by atoms with E-state index in [0.717, 1.165) is 30.6 Å². The highest BCUT2D eigenvalue weighted by Crippen LogP contribution is 2.30. The van der Waals surface area contributed by atoms with E-state index in [1.807, 2.05) is 0 Å². The Hall–Kier alpha value is -0.530. The number of aliphatic imine (C=N–C) groups is 1. The maximum Gasteiger partial charge on any atom is 0.0934 e. The Kier molecular flexibility index (Phi) is 4.99. The van der Waals surface area contributed by atoms with Gasteiger partial charge in [-0.3, -0.25) is 4.99 Å². The lowest BCUT2D eigenvalue weighted by Crippen LogP contribution is -2.18. The molecule has 0 aromatic carbocycles. The van der Waals surface area contributed by atoms with Crippen molar-refractivity contribution in [3.05, 3.63) is 0 Å². The zero-order chi connectivity index (χ0) is 10.4. The van der Waals surface area contributed by atoms with Crippen molar-refractivity contribution in [1.82, 2.24) is 0 Å². The summed E-state index contributed by atoms with van der Waals surface area (Å²) in [5.74, 6) is 2.62. The predicted octanol–water partition coefficient (Wildman–Crippen LogP) is 2.97. The number of hydrogen-bond donors (Lipinski definition) is 1. The Balaban J connectivity index is 2.22. The highest BCUT2D eigenvalue weighted by atomic mass is 14.8. The van der Waals surface area contributed by atoms with Gasteiger partial charge in [-0.1, -0.05) is 33.1 Å². The van der Waals surface area contributed by atoms with Crippen LogP contribution in [0, 0.1) is 11.8 Å². The lowest BCUT2D eigenvalue weighted by Gasteiger charge is -2.26. The molecule has 0 aliphatic heterocycles. The van der Waals surface area contributed by atoms with E-state index in [0.29, 0.717) is 0 Å². The molecule has 2 nitrogen and oxygen atoms in total. The van der Waals surface area contributed by atoms with Gasteiger partial charge in [-0.2, -0.15) is 0 Å². The quantitative estimate of drug-likeness (QED) is 0.545. The van der Waals surface area contributed by atoms with Crippen molar-refractivity contribution >= 4 is 5.84 Å². The fourth-order valence-corrected chi connectivity index (χ4v) is 2.18. The Bertz CT molecular complexity index is 179. The summed E-state index contributed by atoms with van der Waals surface area (Å²) in [7, 11) is 0. The highest BCUT2D eigenvalue weighted by Gasteiger charge is 2.19. The minimum Gasteiger partial charge on any atom is -0.387 e. The van der Waals surface area contributed by atoms with Gasteiger partial charge in [-0.05, 0) is 24.7 Å². The molecule has 82 valence electrons. The standard InChI is InChI=1S/C12H24N2/c1-3-10-5-7-11(8-6-10)9-14-12(13)4-2/h10-11H,3-9H2,1-2H3,(H2,13,14). The SMILES string of the molecule is CCC(N)=NCC1CCC(CC)CC1. The summed E-state index contributed by atoms with van der Waals surface area (Å²) >= 11 is 0. The average Bonchev–Trinajstić information content (AvgIpc) is 2.26. The average molecular weight is 196 g/mol. The number of nitrogens with two attached hydrogens (primary N) is 1. The zero-order valence-electron chi connectivity index (χ0n) is 9.63. The first-order valence-corrected chi connectivity index (χ1v) is 6.05. The molecule has 0 spiro atoms. The van der Waals surface area contributed by atoms with Crippen molar-refractivity contribution in [2.45, 2.75) is 52.4 Å². The van der Waals surface area contributed by atoms with Crippen LogP contribution < -0.4 is 5.73 Å². The van der Waals surface area contributed by atoms with E-state index in [1.165, 1.54) is 32.1 Å². The summed E-state index contributed by atoms with van der Waals surface area (Å²) in [6.45, 7) is 5.33. The maximum absolute atomic E-state index is 5.69. The first kappa shape index (κ1) is 11.5. The van der Waals surface area contributed by atoms with Crippen LogP contribution in [-0.4, -0.2) is 12.4 Å². The molecular formula is C12H24N2. The summed E-state index contributed by atoms with van der Waals surface area (Å²) in [5, 5.41) is 0. The third-order valence-corrected chi connectivity index (χ3v) is 3.46. The van der Waals surface area contributed by atoms with Gasteiger partial charge in [0.2, 0.25) is 0 Å². The Morgan fingerprint density at radius 3 is 2.21 bits per heavy atom. The van der Waals surface area contributed by atoms with E-state index in [4.69, 9.17) is 5.73 Å². The predicted molar refractivity (Wildman–Crippen MR) is 62.5 cm³/mol. The smallest absolute Gasteiger partial charge is 0.0934 e. The van der Waals surface area contributed by atoms with Crippen molar-refractivity contribution in [1.29, 1.82) is 0 Å². The molecule has 0 radical (unpaired) electrons. The van der Waals surface area contributed by atoms with Crippen LogP contribution in [0.1, 0.15) is 52.4 Å². The molecule has 0 aromatic heterocycles. The monoisotopic (exact) mass is 196 g/mol. The van der Waals surface area contributed by atoms with E-state index < -0.39 is 0 Å². The van der Waals surface area contributed by atoms with Gasteiger partial charge in [-0.25, -0.2) is 0 Å². The summed E-state index contributed by atoms with van der Waals surface area (Å²) in [6, 6.07) is 0. The van der Waals surface area contributed by atoms with Crippen molar-refractivity contribution in [2.24, 2.45) is 22.6 Å². The molecule has 0 amide bonds. The van der Waals surface area contributed by atoms with Gasteiger partial charge in [0.15, 0.2) is 0 Å². The molecule has 0 saturated heterocycles. The third-order valence-electron chi connectivity index (χ3n) is 3.46. The first-order valence-electron chi connectivity index (χ1n) is 6.05.